The highest BCUT2D eigenvalue weighted by molar-refractivity contribution is 6.34. The van der Waals surface area contributed by atoms with Crippen LogP contribution in [0, 0.1) is 5.41 Å². The van der Waals surface area contributed by atoms with Crippen molar-refractivity contribution in [3.05, 3.63) is 58.9 Å². The van der Waals surface area contributed by atoms with Crippen LogP contribution in [0.3, 0.4) is 0 Å². The van der Waals surface area contributed by atoms with Gasteiger partial charge in [0.05, 0.1) is 23.4 Å². The van der Waals surface area contributed by atoms with E-state index in [1.165, 1.54) is 25.3 Å². The molecule has 0 aliphatic heterocycles. The molecule has 0 atom stereocenters. The lowest BCUT2D eigenvalue weighted by Crippen LogP contribution is -2.39. The van der Waals surface area contributed by atoms with Gasteiger partial charge in [-0.2, -0.15) is 0 Å². The maximum absolute atomic E-state index is 12.7. The molecule has 7 nitrogen and oxygen atoms in total. The van der Waals surface area contributed by atoms with Gasteiger partial charge in [0, 0.05) is 18.9 Å². The second kappa shape index (κ2) is 7.75. The van der Waals surface area contributed by atoms with E-state index in [4.69, 9.17) is 11.6 Å². The molecule has 1 aliphatic rings. The zero-order chi connectivity index (χ0) is 19.4. The van der Waals surface area contributed by atoms with Crippen molar-refractivity contribution in [3.63, 3.8) is 0 Å². The van der Waals surface area contributed by atoms with E-state index in [-0.39, 0.29) is 22.2 Å². The van der Waals surface area contributed by atoms with Crippen LogP contribution in [0.15, 0.2) is 42.7 Å². The number of pyridine rings is 1. The molecular weight excluding hydrogens is 370 g/mol. The van der Waals surface area contributed by atoms with Gasteiger partial charge in [-0.15, -0.1) is 0 Å². The van der Waals surface area contributed by atoms with Crippen LogP contribution in [0.5, 0.6) is 0 Å². The number of anilines is 1. The number of amides is 2. The number of hydrogen-bond donors (Lipinski definition) is 2. The third-order valence-electron chi connectivity index (χ3n) is 4.43. The molecule has 27 heavy (non-hydrogen) atoms. The summed E-state index contributed by atoms with van der Waals surface area (Å²) in [5, 5.41) is 5.70. The Morgan fingerprint density at radius 1 is 1.22 bits per heavy atom. The minimum Gasteiger partial charge on any atom is -0.465 e. The number of carbonyl (C=O) groups excluding carboxylic acids is 3. The van der Waals surface area contributed by atoms with E-state index >= 15 is 0 Å². The fourth-order valence-electron chi connectivity index (χ4n) is 2.64. The summed E-state index contributed by atoms with van der Waals surface area (Å²) < 4.78 is 4.66. The van der Waals surface area contributed by atoms with Gasteiger partial charge >= 0.3 is 5.97 Å². The third-order valence-corrected chi connectivity index (χ3v) is 4.76. The number of nitrogens with one attached hydrogen (secondary N) is 2. The predicted octanol–water partition coefficient (Wildman–Crippen LogP) is 2.56. The van der Waals surface area contributed by atoms with Crippen LogP contribution in [0.4, 0.5) is 5.69 Å². The highest BCUT2D eigenvalue weighted by Gasteiger charge is 2.56. The van der Waals surface area contributed by atoms with Crippen LogP contribution >= 0.6 is 11.6 Å². The molecule has 0 unspecified atom stereocenters. The summed E-state index contributed by atoms with van der Waals surface area (Å²) in [5.74, 6) is -1.34. The second-order valence-electron chi connectivity index (χ2n) is 6.27. The van der Waals surface area contributed by atoms with Gasteiger partial charge in [0.2, 0.25) is 11.8 Å². The summed E-state index contributed by atoms with van der Waals surface area (Å²) in [6.45, 7) is 0.292. The van der Waals surface area contributed by atoms with E-state index in [1.54, 1.807) is 18.5 Å². The summed E-state index contributed by atoms with van der Waals surface area (Å²) in [7, 11) is 1.26. The normalized spacial score (nSPS) is 14.1. The lowest BCUT2D eigenvalue weighted by molar-refractivity contribution is -0.134. The highest BCUT2D eigenvalue weighted by atomic mass is 35.5. The molecule has 2 aromatic rings. The molecule has 1 aromatic heterocycles. The summed E-state index contributed by atoms with van der Waals surface area (Å²) in [4.78, 5) is 40.9. The molecule has 140 valence electrons. The number of methoxy groups -OCH3 is 1. The minimum absolute atomic E-state index is 0.253. The molecule has 3 rings (SSSR count). The first kappa shape index (κ1) is 18.8. The Morgan fingerprint density at radius 2 is 2.00 bits per heavy atom. The van der Waals surface area contributed by atoms with Gasteiger partial charge in [-0.05, 0) is 42.7 Å². The number of hydrogen-bond acceptors (Lipinski definition) is 5. The average Bonchev–Trinajstić information content (AvgIpc) is 3.50. The fourth-order valence-corrected chi connectivity index (χ4v) is 2.81. The van der Waals surface area contributed by atoms with Crippen molar-refractivity contribution >= 4 is 35.1 Å². The van der Waals surface area contributed by atoms with E-state index < -0.39 is 17.3 Å². The quantitative estimate of drug-likeness (QED) is 0.586. The Hall–Kier alpha value is -2.93. The molecule has 2 N–H and O–H groups in total. The summed E-state index contributed by atoms with van der Waals surface area (Å²) in [5.41, 5.74) is 0.238. The second-order valence-corrected chi connectivity index (χ2v) is 6.67. The smallest absolute Gasteiger partial charge is 0.337 e. The Balaban J connectivity index is 1.68. The van der Waals surface area contributed by atoms with Crippen molar-refractivity contribution in [2.24, 2.45) is 5.41 Å². The maximum atomic E-state index is 12.7. The molecule has 1 saturated carbocycles. The summed E-state index contributed by atoms with van der Waals surface area (Å²) >= 11 is 6.11. The van der Waals surface area contributed by atoms with Gasteiger partial charge in [-0.25, -0.2) is 4.79 Å². The molecule has 1 aromatic carbocycles. The molecule has 1 aliphatic carbocycles. The zero-order valence-electron chi connectivity index (χ0n) is 14.6. The number of nitrogens with zero attached hydrogens (tertiary/aromatic N) is 1. The van der Waals surface area contributed by atoms with Gasteiger partial charge in [0.25, 0.3) is 0 Å². The Bertz CT molecular complexity index is 882. The van der Waals surface area contributed by atoms with E-state index in [0.717, 1.165) is 5.56 Å². The number of ether oxygens (including phenoxy) is 1. The van der Waals surface area contributed by atoms with Crippen molar-refractivity contribution in [2.45, 2.75) is 19.4 Å². The van der Waals surface area contributed by atoms with Crippen molar-refractivity contribution in [1.29, 1.82) is 0 Å². The molecule has 8 heteroatoms. The number of aromatic nitrogens is 1. The number of rotatable bonds is 6. The first-order chi connectivity index (χ1) is 13.0. The molecule has 0 spiro atoms. The molecule has 1 fully saturated rings. The number of halogens is 1. The molecule has 0 saturated heterocycles. The molecule has 1 heterocycles. The lowest BCUT2D eigenvalue weighted by atomic mass is 10.0. The first-order valence-electron chi connectivity index (χ1n) is 8.33. The minimum atomic E-state index is -1.12. The van der Waals surface area contributed by atoms with Crippen LogP contribution < -0.4 is 10.6 Å². The number of carbonyl (C=O) groups is 3. The van der Waals surface area contributed by atoms with Gasteiger partial charge in [-0.1, -0.05) is 17.7 Å². The van der Waals surface area contributed by atoms with Gasteiger partial charge in [0.1, 0.15) is 5.41 Å². The van der Waals surface area contributed by atoms with Crippen LogP contribution in [0.1, 0.15) is 28.8 Å². The van der Waals surface area contributed by atoms with Crippen molar-refractivity contribution in [2.75, 3.05) is 12.4 Å². The van der Waals surface area contributed by atoms with Crippen LogP contribution in [-0.4, -0.2) is 29.9 Å². The summed E-state index contributed by atoms with van der Waals surface area (Å²) in [6, 6.07) is 8.03. The molecular formula is C19H18ClN3O4. The van der Waals surface area contributed by atoms with E-state index in [2.05, 4.69) is 20.4 Å². The Labute approximate surface area is 161 Å². The summed E-state index contributed by atoms with van der Waals surface area (Å²) in [6.07, 6.45) is 4.20. The average molecular weight is 388 g/mol. The van der Waals surface area contributed by atoms with Crippen molar-refractivity contribution in [3.8, 4) is 0 Å². The number of esters is 1. The highest BCUT2D eigenvalue weighted by Crippen LogP contribution is 2.47. The van der Waals surface area contributed by atoms with E-state index in [1.807, 2.05) is 6.07 Å². The Kier molecular flexibility index (Phi) is 5.41. The molecule has 0 radical (unpaired) electrons. The maximum Gasteiger partial charge on any atom is 0.337 e. The van der Waals surface area contributed by atoms with Crippen molar-refractivity contribution < 1.29 is 19.1 Å². The molecule has 0 bridgehead atoms. The van der Waals surface area contributed by atoms with E-state index in [0.29, 0.717) is 19.4 Å². The predicted molar refractivity (Wildman–Crippen MR) is 99.2 cm³/mol. The van der Waals surface area contributed by atoms with Gasteiger partial charge in [-0.3, -0.25) is 14.6 Å². The monoisotopic (exact) mass is 387 g/mol. The van der Waals surface area contributed by atoms with E-state index in [9.17, 15) is 14.4 Å². The van der Waals surface area contributed by atoms with Gasteiger partial charge in [0.15, 0.2) is 0 Å². The zero-order valence-corrected chi connectivity index (χ0v) is 15.4. The van der Waals surface area contributed by atoms with Crippen LogP contribution in [-0.2, 0) is 20.9 Å². The topological polar surface area (TPSA) is 97.4 Å². The van der Waals surface area contributed by atoms with Crippen LogP contribution in [0.25, 0.3) is 0 Å². The van der Waals surface area contributed by atoms with Crippen molar-refractivity contribution in [1.82, 2.24) is 10.3 Å². The Morgan fingerprint density at radius 3 is 2.63 bits per heavy atom. The van der Waals surface area contributed by atoms with Crippen LogP contribution in [0.2, 0.25) is 5.02 Å². The largest absolute Gasteiger partial charge is 0.465 e. The standard InChI is InChI=1S/C19H18ClN3O4/c1-27-16(24)13-4-5-14(20)15(9-13)23-18(26)19(6-7-19)17(25)22-11-12-3-2-8-21-10-12/h2-5,8-10H,6-7,11H2,1H3,(H,22,25)(H,23,26). The lowest BCUT2D eigenvalue weighted by Gasteiger charge is -2.16. The molecule has 2 amide bonds. The number of benzene rings is 1. The third kappa shape index (κ3) is 4.09. The first-order valence-corrected chi connectivity index (χ1v) is 8.70. The SMILES string of the molecule is COC(=O)c1ccc(Cl)c(NC(=O)C2(C(=O)NCc3cccnc3)CC2)c1. The fraction of sp³-hybridized carbons (Fsp3) is 0.263. The van der Waals surface area contributed by atoms with Gasteiger partial charge < -0.3 is 15.4 Å².